The summed E-state index contributed by atoms with van der Waals surface area (Å²) in [6, 6.07) is 8.01. The Hall–Kier alpha value is -2.43. The van der Waals surface area contributed by atoms with Gasteiger partial charge < -0.3 is 5.73 Å². The van der Waals surface area contributed by atoms with E-state index in [9.17, 15) is 4.39 Å². The summed E-state index contributed by atoms with van der Waals surface area (Å²) in [4.78, 5) is 8.15. The number of fused-ring (bicyclic) bond motifs is 1. The van der Waals surface area contributed by atoms with E-state index in [1.807, 2.05) is 0 Å². The maximum absolute atomic E-state index is 13.2. The van der Waals surface area contributed by atoms with Crippen molar-refractivity contribution >= 4 is 17.0 Å². The molecule has 0 aliphatic rings. The first-order valence-electron chi connectivity index (χ1n) is 5.09. The Labute approximate surface area is 96.5 Å². The largest absolute Gasteiger partial charge is 0.369 e. The molecule has 17 heavy (non-hydrogen) atoms. The Morgan fingerprint density at radius 2 is 2.12 bits per heavy atom. The van der Waals surface area contributed by atoms with Crippen LogP contribution in [-0.2, 0) is 0 Å². The highest BCUT2D eigenvalue weighted by Crippen LogP contribution is 2.22. The molecule has 0 saturated carbocycles. The monoisotopic (exact) mass is 228 g/mol. The van der Waals surface area contributed by atoms with Gasteiger partial charge >= 0.3 is 0 Å². The van der Waals surface area contributed by atoms with E-state index in [1.165, 1.54) is 12.1 Å². The van der Waals surface area contributed by atoms with Crippen LogP contribution in [0.15, 0.2) is 42.7 Å². The quantitative estimate of drug-likeness (QED) is 0.694. The summed E-state index contributed by atoms with van der Waals surface area (Å²) in [5, 5.41) is 0. The molecule has 2 aromatic heterocycles. The topological polar surface area (TPSA) is 56.7 Å². The van der Waals surface area contributed by atoms with Crippen LogP contribution in [0.1, 0.15) is 0 Å². The van der Waals surface area contributed by atoms with Crippen LogP contribution in [0.3, 0.4) is 0 Å². The van der Waals surface area contributed by atoms with Crippen molar-refractivity contribution in [3.8, 4) is 5.69 Å². The molecule has 0 atom stereocenters. The Morgan fingerprint density at radius 3 is 2.94 bits per heavy atom. The Balaban J connectivity index is 2.33. The summed E-state index contributed by atoms with van der Waals surface area (Å²) in [5.41, 5.74) is 7.98. The summed E-state index contributed by atoms with van der Waals surface area (Å²) in [6.07, 6.45) is 3.28. The minimum absolute atomic E-state index is 0.308. The van der Waals surface area contributed by atoms with Crippen LogP contribution >= 0.6 is 0 Å². The van der Waals surface area contributed by atoms with E-state index in [0.29, 0.717) is 17.2 Å². The molecule has 2 heterocycles. The molecule has 84 valence electrons. The summed E-state index contributed by atoms with van der Waals surface area (Å²) in [7, 11) is 0. The predicted molar refractivity (Wildman–Crippen MR) is 63.2 cm³/mol. The van der Waals surface area contributed by atoms with Crippen LogP contribution in [0.2, 0.25) is 0 Å². The number of hydrogen-bond donors (Lipinski definition) is 1. The molecule has 0 fully saturated rings. The van der Waals surface area contributed by atoms with Crippen molar-refractivity contribution in [3.63, 3.8) is 0 Å². The SMILES string of the molecule is Nc1nc2cnccc2n1-c1cccc(F)c1. The molecule has 0 saturated heterocycles. The molecule has 0 radical (unpaired) electrons. The molecule has 3 rings (SSSR count). The molecule has 0 bridgehead atoms. The summed E-state index contributed by atoms with van der Waals surface area (Å²) < 4.78 is 14.9. The van der Waals surface area contributed by atoms with Gasteiger partial charge in [0.25, 0.3) is 0 Å². The first kappa shape index (κ1) is 9.77. The van der Waals surface area contributed by atoms with Crippen LogP contribution in [0.4, 0.5) is 10.3 Å². The standard InChI is InChI=1S/C12H9FN4/c13-8-2-1-3-9(6-8)17-11-4-5-15-7-10(11)16-12(17)14/h1-7H,(H2,14,16). The second-order valence-corrected chi connectivity index (χ2v) is 3.65. The number of hydrogen-bond acceptors (Lipinski definition) is 3. The number of aromatic nitrogens is 3. The van der Waals surface area contributed by atoms with Gasteiger partial charge in [0, 0.05) is 6.20 Å². The number of nitrogens with zero attached hydrogens (tertiary/aromatic N) is 3. The molecule has 3 aromatic rings. The summed E-state index contributed by atoms with van der Waals surface area (Å²) in [6.45, 7) is 0. The maximum atomic E-state index is 13.2. The first-order valence-corrected chi connectivity index (χ1v) is 5.09. The van der Waals surface area contributed by atoms with Crippen molar-refractivity contribution in [2.75, 3.05) is 5.73 Å². The lowest BCUT2D eigenvalue weighted by Crippen LogP contribution is -2.00. The van der Waals surface area contributed by atoms with Gasteiger partial charge in [-0.2, -0.15) is 0 Å². The van der Waals surface area contributed by atoms with Gasteiger partial charge in [0.2, 0.25) is 5.95 Å². The minimum atomic E-state index is -0.308. The van der Waals surface area contributed by atoms with Crippen molar-refractivity contribution in [2.24, 2.45) is 0 Å². The molecule has 2 N–H and O–H groups in total. The fourth-order valence-corrected chi connectivity index (χ4v) is 1.84. The van der Waals surface area contributed by atoms with Gasteiger partial charge in [-0.05, 0) is 24.3 Å². The highest BCUT2D eigenvalue weighted by molar-refractivity contribution is 5.79. The van der Waals surface area contributed by atoms with Crippen molar-refractivity contribution in [1.82, 2.24) is 14.5 Å². The summed E-state index contributed by atoms with van der Waals surface area (Å²) >= 11 is 0. The zero-order valence-corrected chi connectivity index (χ0v) is 8.84. The number of benzene rings is 1. The van der Waals surface area contributed by atoms with Crippen LogP contribution in [0.5, 0.6) is 0 Å². The highest BCUT2D eigenvalue weighted by Gasteiger charge is 2.09. The van der Waals surface area contributed by atoms with Gasteiger partial charge in [-0.25, -0.2) is 9.37 Å². The van der Waals surface area contributed by atoms with Gasteiger partial charge in [0.15, 0.2) is 0 Å². The lowest BCUT2D eigenvalue weighted by Gasteiger charge is -2.05. The second kappa shape index (κ2) is 3.55. The second-order valence-electron chi connectivity index (χ2n) is 3.65. The van der Waals surface area contributed by atoms with Gasteiger partial charge in [-0.15, -0.1) is 0 Å². The molecule has 1 aromatic carbocycles. The van der Waals surface area contributed by atoms with E-state index in [2.05, 4.69) is 9.97 Å². The fraction of sp³-hybridized carbons (Fsp3) is 0. The van der Waals surface area contributed by atoms with E-state index in [4.69, 9.17) is 5.73 Å². The average molecular weight is 228 g/mol. The zero-order chi connectivity index (χ0) is 11.8. The van der Waals surface area contributed by atoms with Crippen LogP contribution < -0.4 is 5.73 Å². The molecule has 5 heteroatoms. The van der Waals surface area contributed by atoms with E-state index >= 15 is 0 Å². The summed E-state index contributed by atoms with van der Waals surface area (Å²) in [5.74, 6) is 0.0106. The number of anilines is 1. The first-order chi connectivity index (χ1) is 8.25. The number of halogens is 1. The number of rotatable bonds is 1. The van der Waals surface area contributed by atoms with Gasteiger partial charge in [-0.1, -0.05) is 6.07 Å². The third-order valence-corrected chi connectivity index (χ3v) is 2.55. The van der Waals surface area contributed by atoms with Crippen molar-refractivity contribution in [1.29, 1.82) is 0 Å². The third-order valence-electron chi connectivity index (χ3n) is 2.55. The predicted octanol–water partition coefficient (Wildman–Crippen LogP) is 2.14. The Bertz CT molecular complexity index is 690. The van der Waals surface area contributed by atoms with E-state index < -0.39 is 0 Å². The number of pyridine rings is 1. The van der Waals surface area contributed by atoms with Crippen molar-refractivity contribution in [2.45, 2.75) is 0 Å². The normalized spacial score (nSPS) is 10.9. The molecule has 0 aliphatic heterocycles. The molecular weight excluding hydrogens is 219 g/mol. The molecule has 0 spiro atoms. The molecule has 0 unspecified atom stereocenters. The van der Waals surface area contributed by atoms with Gasteiger partial charge in [0.1, 0.15) is 11.3 Å². The lowest BCUT2D eigenvalue weighted by molar-refractivity contribution is 0.627. The molecule has 4 nitrogen and oxygen atoms in total. The van der Waals surface area contributed by atoms with Crippen LogP contribution in [0.25, 0.3) is 16.7 Å². The molecular formula is C12H9FN4. The Morgan fingerprint density at radius 1 is 1.24 bits per heavy atom. The van der Waals surface area contributed by atoms with Crippen molar-refractivity contribution in [3.05, 3.63) is 48.5 Å². The smallest absolute Gasteiger partial charge is 0.205 e. The van der Waals surface area contributed by atoms with E-state index in [-0.39, 0.29) is 5.82 Å². The maximum Gasteiger partial charge on any atom is 0.205 e. The van der Waals surface area contributed by atoms with Gasteiger partial charge in [-0.3, -0.25) is 9.55 Å². The fourth-order valence-electron chi connectivity index (χ4n) is 1.84. The zero-order valence-electron chi connectivity index (χ0n) is 8.84. The molecule has 0 amide bonds. The van der Waals surface area contributed by atoms with Crippen LogP contribution in [-0.4, -0.2) is 14.5 Å². The van der Waals surface area contributed by atoms with E-state index in [0.717, 1.165) is 5.52 Å². The number of nitrogens with two attached hydrogens (primary N) is 1. The lowest BCUT2D eigenvalue weighted by atomic mass is 10.3. The third kappa shape index (κ3) is 1.52. The van der Waals surface area contributed by atoms with Gasteiger partial charge in [0.05, 0.1) is 17.4 Å². The number of imidazole rings is 1. The van der Waals surface area contributed by atoms with E-state index in [1.54, 1.807) is 35.2 Å². The average Bonchev–Trinajstić information content (AvgIpc) is 2.64. The van der Waals surface area contributed by atoms with Crippen LogP contribution in [0, 0.1) is 5.82 Å². The molecule has 0 aliphatic carbocycles. The number of nitrogen functional groups attached to an aromatic ring is 1. The van der Waals surface area contributed by atoms with Crippen molar-refractivity contribution < 1.29 is 4.39 Å². The Kier molecular flexibility index (Phi) is 2.04. The minimum Gasteiger partial charge on any atom is -0.369 e. The highest BCUT2D eigenvalue weighted by atomic mass is 19.1.